The van der Waals surface area contributed by atoms with Gasteiger partial charge in [-0.25, -0.2) is 4.39 Å². The van der Waals surface area contributed by atoms with Crippen LogP contribution in [0, 0.1) is 5.82 Å². The molecule has 0 aliphatic carbocycles. The second-order valence-electron chi connectivity index (χ2n) is 5.16. The topological polar surface area (TPSA) is 40.6 Å². The molecule has 2 heterocycles. The van der Waals surface area contributed by atoms with E-state index in [0.29, 0.717) is 31.1 Å². The maximum atomic E-state index is 13.9. The van der Waals surface area contributed by atoms with Gasteiger partial charge in [0.1, 0.15) is 5.82 Å². The van der Waals surface area contributed by atoms with Crippen molar-refractivity contribution >= 4 is 34.8 Å². The summed E-state index contributed by atoms with van der Waals surface area (Å²) in [7, 11) is 0. The van der Waals surface area contributed by atoms with Crippen molar-refractivity contribution < 1.29 is 14.0 Å². The molecule has 7 heteroatoms. The van der Waals surface area contributed by atoms with E-state index in [4.69, 9.17) is 11.6 Å². The van der Waals surface area contributed by atoms with Crippen molar-refractivity contribution in [3.63, 3.8) is 0 Å². The van der Waals surface area contributed by atoms with E-state index in [9.17, 15) is 14.0 Å². The third-order valence-corrected chi connectivity index (χ3v) is 4.94. The fourth-order valence-corrected chi connectivity index (χ4v) is 3.46. The lowest BCUT2D eigenvalue weighted by molar-refractivity contribution is 0.0535. The largest absolute Gasteiger partial charge is 0.335 e. The van der Waals surface area contributed by atoms with E-state index >= 15 is 0 Å². The third-order valence-electron chi connectivity index (χ3n) is 3.76. The summed E-state index contributed by atoms with van der Waals surface area (Å²) >= 11 is 7.33. The molecule has 1 aromatic carbocycles. The summed E-state index contributed by atoms with van der Waals surface area (Å²) in [5, 5.41) is 1.96. The highest BCUT2D eigenvalue weighted by Crippen LogP contribution is 2.22. The number of carbonyl (C=O) groups is 2. The van der Waals surface area contributed by atoms with Crippen LogP contribution in [0.5, 0.6) is 0 Å². The Hall–Kier alpha value is -1.92. The monoisotopic (exact) mass is 352 g/mol. The molecule has 1 aliphatic rings. The number of benzene rings is 1. The van der Waals surface area contributed by atoms with Gasteiger partial charge in [-0.1, -0.05) is 23.7 Å². The lowest BCUT2D eigenvalue weighted by atomic mass is 10.1. The van der Waals surface area contributed by atoms with Gasteiger partial charge in [0.25, 0.3) is 11.8 Å². The first kappa shape index (κ1) is 16.0. The van der Waals surface area contributed by atoms with Gasteiger partial charge < -0.3 is 9.80 Å². The first-order chi connectivity index (χ1) is 11.1. The molecule has 2 amide bonds. The number of amides is 2. The molecule has 0 radical (unpaired) electrons. The second-order valence-corrected chi connectivity index (χ2v) is 6.51. The number of hydrogen-bond donors (Lipinski definition) is 0. The molecule has 3 rings (SSSR count). The molecule has 1 aromatic heterocycles. The van der Waals surface area contributed by atoms with Crippen molar-refractivity contribution in [1.82, 2.24) is 9.80 Å². The SMILES string of the molecule is O=C(c1cccs1)N1CCN(C(=O)c2c(F)cccc2Cl)CC1. The lowest BCUT2D eigenvalue weighted by Gasteiger charge is -2.34. The van der Waals surface area contributed by atoms with Crippen molar-refractivity contribution in [2.75, 3.05) is 26.2 Å². The van der Waals surface area contributed by atoms with Crippen LogP contribution in [0.15, 0.2) is 35.7 Å². The summed E-state index contributed by atoms with van der Waals surface area (Å²) in [4.78, 5) is 28.6. The van der Waals surface area contributed by atoms with Gasteiger partial charge in [-0.3, -0.25) is 9.59 Å². The fraction of sp³-hybridized carbons (Fsp3) is 0.250. The van der Waals surface area contributed by atoms with E-state index < -0.39 is 11.7 Å². The zero-order chi connectivity index (χ0) is 16.4. The number of nitrogens with zero attached hydrogens (tertiary/aromatic N) is 2. The molecule has 2 aromatic rings. The molecule has 1 fully saturated rings. The van der Waals surface area contributed by atoms with Crippen LogP contribution in [-0.2, 0) is 0 Å². The number of rotatable bonds is 2. The Bertz CT molecular complexity index is 707. The van der Waals surface area contributed by atoms with Crippen LogP contribution >= 0.6 is 22.9 Å². The van der Waals surface area contributed by atoms with E-state index in [2.05, 4.69) is 0 Å². The average molecular weight is 353 g/mol. The van der Waals surface area contributed by atoms with Crippen molar-refractivity contribution in [3.05, 3.63) is 57.0 Å². The highest BCUT2D eigenvalue weighted by molar-refractivity contribution is 7.12. The third kappa shape index (κ3) is 3.23. The van der Waals surface area contributed by atoms with E-state index in [-0.39, 0.29) is 16.5 Å². The van der Waals surface area contributed by atoms with Crippen LogP contribution in [0.1, 0.15) is 20.0 Å². The number of piperazine rings is 1. The second kappa shape index (κ2) is 6.68. The highest BCUT2D eigenvalue weighted by atomic mass is 35.5. The summed E-state index contributed by atoms with van der Waals surface area (Å²) in [6.07, 6.45) is 0. The van der Waals surface area contributed by atoms with Crippen molar-refractivity contribution in [2.45, 2.75) is 0 Å². The first-order valence-electron chi connectivity index (χ1n) is 7.14. The quantitative estimate of drug-likeness (QED) is 0.833. The van der Waals surface area contributed by atoms with Crippen LogP contribution in [0.25, 0.3) is 0 Å². The Morgan fingerprint density at radius 1 is 1.00 bits per heavy atom. The molecular formula is C16H14ClFN2O2S. The Balaban J connectivity index is 1.67. The maximum Gasteiger partial charge on any atom is 0.264 e. The van der Waals surface area contributed by atoms with E-state index in [0.717, 1.165) is 0 Å². The smallest absolute Gasteiger partial charge is 0.264 e. The molecular weight excluding hydrogens is 339 g/mol. The van der Waals surface area contributed by atoms with Crippen molar-refractivity contribution in [3.8, 4) is 0 Å². The number of thiophene rings is 1. The van der Waals surface area contributed by atoms with Gasteiger partial charge in [0.2, 0.25) is 0 Å². The summed E-state index contributed by atoms with van der Waals surface area (Å²) in [5.41, 5.74) is -0.104. The molecule has 23 heavy (non-hydrogen) atoms. The van der Waals surface area contributed by atoms with Crippen LogP contribution in [0.3, 0.4) is 0 Å². The van der Waals surface area contributed by atoms with E-state index in [1.54, 1.807) is 11.0 Å². The summed E-state index contributed by atoms with van der Waals surface area (Å²) in [5.74, 6) is -1.09. The Labute approximate surface area is 142 Å². The van der Waals surface area contributed by atoms with Crippen LogP contribution in [-0.4, -0.2) is 47.8 Å². The van der Waals surface area contributed by atoms with Crippen LogP contribution in [0.4, 0.5) is 4.39 Å². The van der Waals surface area contributed by atoms with Crippen LogP contribution in [0.2, 0.25) is 5.02 Å². The Kier molecular flexibility index (Phi) is 4.63. The van der Waals surface area contributed by atoms with Gasteiger partial charge in [0, 0.05) is 26.2 Å². The normalized spacial score (nSPS) is 14.9. The van der Waals surface area contributed by atoms with Crippen LogP contribution < -0.4 is 0 Å². The van der Waals surface area contributed by atoms with E-state index in [1.165, 1.54) is 34.4 Å². The summed E-state index contributed by atoms with van der Waals surface area (Å²) < 4.78 is 13.9. The molecule has 0 spiro atoms. The molecule has 0 unspecified atom stereocenters. The minimum Gasteiger partial charge on any atom is -0.335 e. The zero-order valence-electron chi connectivity index (χ0n) is 12.2. The molecule has 120 valence electrons. The highest BCUT2D eigenvalue weighted by Gasteiger charge is 2.28. The summed E-state index contributed by atoms with van der Waals surface area (Å²) in [6.45, 7) is 1.57. The number of hydrogen-bond acceptors (Lipinski definition) is 3. The minimum atomic E-state index is -0.625. The van der Waals surface area contributed by atoms with Gasteiger partial charge >= 0.3 is 0 Å². The Morgan fingerprint density at radius 2 is 1.65 bits per heavy atom. The Morgan fingerprint density at radius 3 is 2.22 bits per heavy atom. The predicted octanol–water partition coefficient (Wildman–Crippen LogP) is 3.14. The molecule has 0 N–H and O–H groups in total. The minimum absolute atomic E-state index is 0.0315. The molecule has 4 nitrogen and oxygen atoms in total. The predicted molar refractivity (Wildman–Crippen MR) is 87.5 cm³/mol. The molecule has 1 saturated heterocycles. The molecule has 0 atom stereocenters. The van der Waals surface area contributed by atoms with Crippen molar-refractivity contribution in [2.24, 2.45) is 0 Å². The summed E-state index contributed by atoms with van der Waals surface area (Å²) in [6, 6.07) is 7.79. The molecule has 0 saturated carbocycles. The standard InChI is InChI=1S/C16H14ClFN2O2S/c17-11-3-1-4-12(18)14(11)16(22)20-8-6-19(7-9-20)15(21)13-5-2-10-23-13/h1-5,10H,6-9H2. The van der Waals surface area contributed by atoms with E-state index in [1.807, 2.05) is 11.4 Å². The zero-order valence-corrected chi connectivity index (χ0v) is 13.7. The van der Waals surface area contributed by atoms with Gasteiger partial charge in [-0.15, -0.1) is 11.3 Å². The fourth-order valence-electron chi connectivity index (χ4n) is 2.53. The molecule has 1 aliphatic heterocycles. The molecule has 0 bridgehead atoms. The van der Waals surface area contributed by atoms with Gasteiger partial charge in [0.15, 0.2) is 0 Å². The maximum absolute atomic E-state index is 13.9. The van der Waals surface area contributed by atoms with Gasteiger partial charge in [0.05, 0.1) is 15.5 Å². The van der Waals surface area contributed by atoms with Gasteiger partial charge in [-0.05, 0) is 23.6 Å². The number of carbonyl (C=O) groups excluding carboxylic acids is 2. The van der Waals surface area contributed by atoms with Gasteiger partial charge in [-0.2, -0.15) is 0 Å². The first-order valence-corrected chi connectivity index (χ1v) is 8.40. The average Bonchev–Trinajstić information content (AvgIpc) is 3.08. The lowest BCUT2D eigenvalue weighted by Crippen LogP contribution is -2.50. The number of halogens is 2. The van der Waals surface area contributed by atoms with Crippen molar-refractivity contribution in [1.29, 1.82) is 0 Å².